The van der Waals surface area contributed by atoms with E-state index < -0.39 is 15.3 Å². The van der Waals surface area contributed by atoms with Gasteiger partial charge in [0.2, 0.25) is 20.9 Å². The molecule has 0 radical (unpaired) electrons. The van der Waals surface area contributed by atoms with Crippen molar-refractivity contribution in [2.45, 2.75) is 22.2 Å². The molecule has 0 saturated carbocycles. The molecule has 156 valence electrons. The summed E-state index contributed by atoms with van der Waals surface area (Å²) in [7, 11) is -0.649. The van der Waals surface area contributed by atoms with Gasteiger partial charge in [-0.05, 0) is 37.3 Å². The number of fused-ring (bicyclic) bond motifs is 3. The van der Waals surface area contributed by atoms with Gasteiger partial charge in [0, 0.05) is 19.8 Å². The number of thiazole rings is 1. The number of para-hydroxylation sites is 1. The molecule has 0 unspecified atom stereocenters. The van der Waals surface area contributed by atoms with E-state index in [1.54, 1.807) is 30.4 Å². The average molecular weight is 462 g/mol. The smallest absolute Gasteiger partial charge is 0.242 e. The van der Waals surface area contributed by atoms with E-state index in [4.69, 9.17) is 0 Å². The van der Waals surface area contributed by atoms with Crippen molar-refractivity contribution < 1.29 is 13.2 Å². The summed E-state index contributed by atoms with van der Waals surface area (Å²) in [6.07, 6.45) is 0. The summed E-state index contributed by atoms with van der Waals surface area (Å²) < 4.78 is 28.8. The maximum absolute atomic E-state index is 12.7. The van der Waals surface area contributed by atoms with Gasteiger partial charge in [-0.2, -0.15) is 0 Å². The van der Waals surface area contributed by atoms with Gasteiger partial charge in [0.05, 0.1) is 20.4 Å². The lowest BCUT2D eigenvalue weighted by Crippen LogP contribution is -2.24. The van der Waals surface area contributed by atoms with Crippen LogP contribution in [0, 0.1) is 0 Å². The fraction of sp³-hybridized carbons (Fsp3) is 0.211. The summed E-state index contributed by atoms with van der Waals surface area (Å²) in [6.45, 7) is 1.77. The minimum atomic E-state index is -3.58. The summed E-state index contributed by atoms with van der Waals surface area (Å²) in [6, 6.07) is 14.1. The Labute approximate surface area is 182 Å². The van der Waals surface area contributed by atoms with E-state index in [1.807, 2.05) is 28.7 Å². The van der Waals surface area contributed by atoms with Crippen molar-refractivity contribution in [1.82, 2.24) is 18.9 Å². The van der Waals surface area contributed by atoms with Crippen LogP contribution in [0.1, 0.15) is 6.92 Å². The molecular weight excluding hydrogens is 442 g/mol. The topological polar surface area (TPSA) is 96.7 Å². The molecule has 0 spiro atoms. The van der Waals surface area contributed by atoms with Gasteiger partial charge >= 0.3 is 0 Å². The van der Waals surface area contributed by atoms with Crippen molar-refractivity contribution in [1.29, 1.82) is 0 Å². The summed E-state index contributed by atoms with van der Waals surface area (Å²) >= 11 is 2.84. The van der Waals surface area contributed by atoms with E-state index in [0.29, 0.717) is 10.8 Å². The minimum absolute atomic E-state index is 0.120. The molecule has 0 aliphatic heterocycles. The van der Waals surface area contributed by atoms with Crippen LogP contribution >= 0.6 is 23.1 Å². The average Bonchev–Trinajstić information content (AvgIpc) is 3.27. The molecule has 0 aliphatic carbocycles. The first-order valence-electron chi connectivity index (χ1n) is 9.00. The maximum atomic E-state index is 12.7. The molecule has 0 fully saturated rings. The van der Waals surface area contributed by atoms with Crippen molar-refractivity contribution >= 4 is 59.9 Å². The van der Waals surface area contributed by atoms with Crippen LogP contribution in [0.15, 0.2) is 58.6 Å². The summed E-state index contributed by atoms with van der Waals surface area (Å²) in [5.41, 5.74) is 1.42. The molecule has 11 heteroatoms. The Morgan fingerprint density at radius 2 is 1.93 bits per heavy atom. The van der Waals surface area contributed by atoms with E-state index in [-0.39, 0.29) is 10.8 Å². The number of rotatable bonds is 6. The van der Waals surface area contributed by atoms with Crippen LogP contribution in [0.5, 0.6) is 0 Å². The maximum Gasteiger partial charge on any atom is 0.242 e. The fourth-order valence-corrected chi connectivity index (χ4v) is 5.66. The van der Waals surface area contributed by atoms with Gasteiger partial charge in [-0.25, -0.2) is 12.7 Å². The summed E-state index contributed by atoms with van der Waals surface area (Å²) in [5.74, 6) is -0.254. The Bertz CT molecular complexity index is 1340. The SMILES string of the molecule is C[C@H](Sc1nnc2sc3ccccc3n12)C(=O)Nc1cccc(S(=O)(=O)N(C)C)c1. The first-order valence-corrected chi connectivity index (χ1v) is 12.1. The number of anilines is 1. The zero-order valence-electron chi connectivity index (χ0n) is 16.4. The first-order chi connectivity index (χ1) is 14.3. The zero-order valence-corrected chi connectivity index (χ0v) is 18.9. The van der Waals surface area contributed by atoms with Crippen LogP contribution in [0.3, 0.4) is 0 Å². The van der Waals surface area contributed by atoms with Crippen LogP contribution in [0.2, 0.25) is 0 Å². The number of sulfonamides is 1. The number of carbonyl (C=O) groups is 1. The van der Waals surface area contributed by atoms with Crippen molar-refractivity contribution in [2.24, 2.45) is 0 Å². The molecule has 0 bridgehead atoms. The number of carbonyl (C=O) groups excluding carboxylic acids is 1. The standard InChI is InChI=1S/C19H19N5O3S3/c1-12(17(25)20-13-7-6-8-14(11-13)30(26,27)23(2)3)28-18-21-22-19-24(18)15-9-4-5-10-16(15)29-19/h4-12H,1-3H3,(H,20,25)/t12-/m0/s1. The normalized spacial score (nSPS) is 13.2. The third-order valence-corrected chi connectivity index (χ3v) is 8.31. The largest absolute Gasteiger partial charge is 0.325 e. The van der Waals surface area contributed by atoms with Crippen LogP contribution in [-0.2, 0) is 14.8 Å². The number of thioether (sulfide) groups is 1. The van der Waals surface area contributed by atoms with E-state index in [2.05, 4.69) is 15.5 Å². The molecular formula is C19H19N5O3S3. The van der Waals surface area contributed by atoms with Crippen LogP contribution in [-0.4, -0.2) is 52.6 Å². The van der Waals surface area contributed by atoms with E-state index in [0.717, 1.165) is 19.5 Å². The number of hydrogen-bond donors (Lipinski definition) is 1. The van der Waals surface area contributed by atoms with Gasteiger partial charge in [0.15, 0.2) is 5.16 Å². The highest BCUT2D eigenvalue weighted by Gasteiger charge is 2.21. The van der Waals surface area contributed by atoms with Gasteiger partial charge < -0.3 is 5.32 Å². The molecule has 2 aromatic carbocycles. The second-order valence-corrected chi connectivity index (χ2v) is 11.2. The monoisotopic (exact) mass is 461 g/mol. The van der Waals surface area contributed by atoms with Gasteiger partial charge in [-0.15, -0.1) is 10.2 Å². The molecule has 1 atom stereocenters. The second-order valence-electron chi connectivity index (χ2n) is 6.73. The molecule has 1 N–H and O–H groups in total. The number of benzene rings is 2. The summed E-state index contributed by atoms with van der Waals surface area (Å²) in [4.78, 5) is 13.6. The lowest BCUT2D eigenvalue weighted by molar-refractivity contribution is -0.115. The second kappa shape index (κ2) is 7.99. The molecule has 0 aliphatic rings. The minimum Gasteiger partial charge on any atom is -0.325 e. The fourth-order valence-electron chi connectivity index (χ4n) is 2.83. The first kappa shape index (κ1) is 20.8. The predicted molar refractivity (Wildman–Crippen MR) is 120 cm³/mol. The lowest BCUT2D eigenvalue weighted by atomic mass is 10.3. The van der Waals surface area contributed by atoms with Gasteiger partial charge in [0.25, 0.3) is 0 Å². The number of aromatic nitrogens is 3. The molecule has 1 amide bonds. The zero-order chi connectivity index (χ0) is 21.5. The highest BCUT2D eigenvalue weighted by molar-refractivity contribution is 8.00. The van der Waals surface area contributed by atoms with Crippen LogP contribution in [0.25, 0.3) is 15.2 Å². The molecule has 2 heterocycles. The highest BCUT2D eigenvalue weighted by atomic mass is 32.2. The van der Waals surface area contributed by atoms with Crippen LogP contribution < -0.4 is 5.32 Å². The van der Waals surface area contributed by atoms with E-state index in [9.17, 15) is 13.2 Å². The molecule has 0 saturated heterocycles. The molecule has 4 rings (SSSR count). The number of nitrogens with zero attached hydrogens (tertiary/aromatic N) is 4. The third kappa shape index (κ3) is 3.81. The van der Waals surface area contributed by atoms with E-state index >= 15 is 0 Å². The Morgan fingerprint density at radius 1 is 1.17 bits per heavy atom. The summed E-state index contributed by atoms with van der Waals surface area (Å²) in [5, 5.41) is 11.4. The number of amides is 1. The third-order valence-electron chi connectivity index (χ3n) is 4.44. The van der Waals surface area contributed by atoms with Crippen molar-refractivity contribution in [3.8, 4) is 0 Å². The Balaban J connectivity index is 1.53. The Morgan fingerprint density at radius 3 is 2.70 bits per heavy atom. The van der Waals surface area contributed by atoms with Crippen LogP contribution in [0.4, 0.5) is 5.69 Å². The van der Waals surface area contributed by atoms with Gasteiger partial charge in [-0.3, -0.25) is 9.20 Å². The highest BCUT2D eigenvalue weighted by Crippen LogP contribution is 2.31. The van der Waals surface area contributed by atoms with Crippen molar-refractivity contribution in [3.05, 3.63) is 48.5 Å². The Kier molecular flexibility index (Phi) is 5.53. The molecule has 2 aromatic heterocycles. The Hall–Kier alpha value is -2.47. The van der Waals surface area contributed by atoms with Crippen molar-refractivity contribution in [3.63, 3.8) is 0 Å². The molecule has 8 nitrogen and oxygen atoms in total. The molecule has 4 aromatic rings. The van der Waals surface area contributed by atoms with Gasteiger partial charge in [-0.1, -0.05) is 41.3 Å². The number of hydrogen-bond acceptors (Lipinski definition) is 7. The lowest BCUT2D eigenvalue weighted by Gasteiger charge is -2.14. The number of nitrogens with one attached hydrogen (secondary N) is 1. The molecule has 30 heavy (non-hydrogen) atoms. The predicted octanol–water partition coefficient (Wildman–Crippen LogP) is 3.31. The van der Waals surface area contributed by atoms with Gasteiger partial charge in [0.1, 0.15) is 0 Å². The van der Waals surface area contributed by atoms with Crippen molar-refractivity contribution in [2.75, 3.05) is 19.4 Å². The van der Waals surface area contributed by atoms with E-state index in [1.165, 1.54) is 38.0 Å². The quantitative estimate of drug-likeness (QED) is 0.443.